The standard InChI is InChI=1S/C11H20N6S/c1-11(2)3-4-17(5-6-18-11)9-7-8(16-13)14-10(12)15-9/h7H,3-6,13H2,1-2H3,(H3,12,14,15,16). The molecule has 0 aliphatic carbocycles. The van der Waals surface area contributed by atoms with E-state index in [2.05, 4.69) is 34.1 Å². The fourth-order valence-corrected chi connectivity index (χ4v) is 3.04. The van der Waals surface area contributed by atoms with Crippen LogP contribution in [0.4, 0.5) is 17.6 Å². The zero-order valence-electron chi connectivity index (χ0n) is 10.8. The molecule has 0 aromatic carbocycles. The highest BCUT2D eigenvalue weighted by Crippen LogP contribution is 2.32. The van der Waals surface area contributed by atoms with Gasteiger partial charge in [-0.2, -0.15) is 21.7 Å². The molecule has 0 amide bonds. The van der Waals surface area contributed by atoms with Gasteiger partial charge in [0.05, 0.1) is 0 Å². The van der Waals surface area contributed by atoms with Gasteiger partial charge in [-0.3, -0.25) is 0 Å². The van der Waals surface area contributed by atoms with Crippen molar-refractivity contribution in [3.05, 3.63) is 6.07 Å². The van der Waals surface area contributed by atoms with Crippen LogP contribution in [0.5, 0.6) is 0 Å². The largest absolute Gasteiger partial charge is 0.368 e. The summed E-state index contributed by atoms with van der Waals surface area (Å²) in [5.41, 5.74) is 8.20. The van der Waals surface area contributed by atoms with E-state index in [1.807, 2.05) is 17.8 Å². The zero-order valence-corrected chi connectivity index (χ0v) is 11.6. The third kappa shape index (κ3) is 3.17. The van der Waals surface area contributed by atoms with Crippen molar-refractivity contribution in [1.82, 2.24) is 9.97 Å². The molecule has 100 valence electrons. The normalized spacial score (nSPS) is 19.4. The summed E-state index contributed by atoms with van der Waals surface area (Å²) in [6.07, 6.45) is 1.12. The van der Waals surface area contributed by atoms with E-state index in [9.17, 15) is 0 Å². The van der Waals surface area contributed by atoms with Gasteiger partial charge in [-0.05, 0) is 6.42 Å². The van der Waals surface area contributed by atoms with Crippen LogP contribution in [0.2, 0.25) is 0 Å². The van der Waals surface area contributed by atoms with Gasteiger partial charge in [0, 0.05) is 29.7 Å². The van der Waals surface area contributed by atoms with E-state index in [1.165, 1.54) is 0 Å². The first-order valence-electron chi connectivity index (χ1n) is 6.00. The first-order chi connectivity index (χ1) is 8.50. The van der Waals surface area contributed by atoms with Crippen LogP contribution in [0.15, 0.2) is 6.07 Å². The van der Waals surface area contributed by atoms with E-state index >= 15 is 0 Å². The van der Waals surface area contributed by atoms with Crippen LogP contribution in [0.25, 0.3) is 0 Å². The Morgan fingerprint density at radius 2 is 2.17 bits per heavy atom. The van der Waals surface area contributed by atoms with Crippen molar-refractivity contribution in [3.8, 4) is 0 Å². The summed E-state index contributed by atoms with van der Waals surface area (Å²) < 4.78 is 0.322. The maximum Gasteiger partial charge on any atom is 0.223 e. The lowest BCUT2D eigenvalue weighted by atomic mass is 10.1. The molecule has 1 aliphatic heterocycles. The third-order valence-electron chi connectivity index (χ3n) is 3.04. The topological polar surface area (TPSA) is 93.1 Å². The summed E-state index contributed by atoms with van der Waals surface area (Å²) in [5, 5.41) is 0. The second kappa shape index (κ2) is 5.19. The first kappa shape index (κ1) is 13.2. The zero-order chi connectivity index (χ0) is 13.2. The van der Waals surface area contributed by atoms with Crippen LogP contribution in [-0.4, -0.2) is 33.6 Å². The second-order valence-electron chi connectivity index (χ2n) is 4.96. The van der Waals surface area contributed by atoms with Crippen molar-refractivity contribution in [2.24, 2.45) is 5.84 Å². The number of hydrogen-bond acceptors (Lipinski definition) is 7. The average Bonchev–Trinajstić information content (AvgIpc) is 2.49. The van der Waals surface area contributed by atoms with Crippen molar-refractivity contribution in [3.63, 3.8) is 0 Å². The van der Waals surface area contributed by atoms with E-state index in [-0.39, 0.29) is 5.95 Å². The molecule has 1 saturated heterocycles. The molecule has 18 heavy (non-hydrogen) atoms. The number of hydrazine groups is 1. The number of nitrogens with one attached hydrogen (secondary N) is 1. The number of nitrogen functional groups attached to an aromatic ring is 2. The Labute approximate surface area is 112 Å². The lowest BCUT2D eigenvalue weighted by Crippen LogP contribution is -2.28. The first-order valence-corrected chi connectivity index (χ1v) is 6.99. The van der Waals surface area contributed by atoms with Gasteiger partial charge in [-0.25, -0.2) is 5.84 Å². The van der Waals surface area contributed by atoms with Gasteiger partial charge >= 0.3 is 0 Å². The summed E-state index contributed by atoms with van der Waals surface area (Å²) in [4.78, 5) is 10.5. The van der Waals surface area contributed by atoms with E-state index < -0.39 is 0 Å². The number of rotatable bonds is 2. The summed E-state index contributed by atoms with van der Waals surface area (Å²) >= 11 is 2.00. The fraction of sp³-hybridized carbons (Fsp3) is 0.636. The molecule has 5 N–H and O–H groups in total. The predicted octanol–water partition coefficient (Wildman–Crippen LogP) is 1.07. The van der Waals surface area contributed by atoms with E-state index in [0.29, 0.717) is 10.6 Å². The van der Waals surface area contributed by atoms with E-state index in [0.717, 1.165) is 31.1 Å². The summed E-state index contributed by atoms with van der Waals surface area (Å²) in [5.74, 6) is 8.10. The molecule has 1 aliphatic rings. The van der Waals surface area contributed by atoms with Gasteiger partial charge in [0.15, 0.2) is 0 Å². The van der Waals surface area contributed by atoms with Gasteiger partial charge in [0.2, 0.25) is 5.95 Å². The Morgan fingerprint density at radius 1 is 1.39 bits per heavy atom. The Kier molecular flexibility index (Phi) is 3.82. The van der Waals surface area contributed by atoms with Crippen LogP contribution in [0.1, 0.15) is 20.3 Å². The maximum absolute atomic E-state index is 5.68. The lowest BCUT2D eigenvalue weighted by Gasteiger charge is -2.23. The van der Waals surface area contributed by atoms with Crippen LogP contribution in [0.3, 0.4) is 0 Å². The van der Waals surface area contributed by atoms with E-state index in [4.69, 9.17) is 11.6 Å². The summed E-state index contributed by atoms with van der Waals surface area (Å²) in [6.45, 7) is 6.50. The molecular formula is C11H20N6S. The van der Waals surface area contributed by atoms with Gasteiger partial charge in [0.1, 0.15) is 11.6 Å². The SMILES string of the molecule is CC1(C)CCN(c2cc(NN)nc(N)n2)CCS1. The predicted molar refractivity (Wildman–Crippen MR) is 77.6 cm³/mol. The molecule has 2 heterocycles. The van der Waals surface area contributed by atoms with Crippen LogP contribution >= 0.6 is 11.8 Å². The summed E-state index contributed by atoms with van der Waals surface area (Å²) in [6, 6.07) is 1.83. The minimum atomic E-state index is 0.247. The van der Waals surface area contributed by atoms with Crippen molar-refractivity contribution in [2.75, 3.05) is 34.9 Å². The van der Waals surface area contributed by atoms with Gasteiger partial charge in [-0.15, -0.1) is 0 Å². The molecule has 7 heteroatoms. The average molecular weight is 268 g/mol. The van der Waals surface area contributed by atoms with Crippen molar-refractivity contribution < 1.29 is 0 Å². The number of nitrogens with zero attached hydrogens (tertiary/aromatic N) is 3. The minimum absolute atomic E-state index is 0.247. The van der Waals surface area contributed by atoms with Gasteiger partial charge in [0.25, 0.3) is 0 Å². The molecule has 0 atom stereocenters. The number of thioether (sulfide) groups is 1. The van der Waals surface area contributed by atoms with Crippen LogP contribution < -0.4 is 21.9 Å². The molecule has 0 saturated carbocycles. The smallest absolute Gasteiger partial charge is 0.223 e. The van der Waals surface area contributed by atoms with Gasteiger partial charge in [-0.1, -0.05) is 13.8 Å². The molecule has 2 rings (SSSR count). The van der Waals surface area contributed by atoms with Crippen molar-refractivity contribution in [1.29, 1.82) is 0 Å². The molecular weight excluding hydrogens is 248 g/mol. The number of hydrogen-bond donors (Lipinski definition) is 3. The number of anilines is 3. The van der Waals surface area contributed by atoms with Crippen LogP contribution in [0, 0.1) is 0 Å². The molecule has 6 nitrogen and oxygen atoms in total. The van der Waals surface area contributed by atoms with Crippen molar-refractivity contribution in [2.45, 2.75) is 25.0 Å². The highest BCUT2D eigenvalue weighted by molar-refractivity contribution is 8.00. The molecule has 1 aromatic rings. The minimum Gasteiger partial charge on any atom is -0.368 e. The second-order valence-corrected chi connectivity index (χ2v) is 6.76. The Morgan fingerprint density at radius 3 is 2.89 bits per heavy atom. The Hall–Kier alpha value is -1.21. The number of aromatic nitrogens is 2. The molecule has 1 aromatic heterocycles. The Balaban J connectivity index is 2.18. The Bertz CT molecular complexity index is 422. The van der Waals surface area contributed by atoms with Gasteiger partial charge < -0.3 is 16.1 Å². The molecule has 1 fully saturated rings. The third-order valence-corrected chi connectivity index (χ3v) is 4.41. The molecule has 0 spiro atoms. The molecule has 0 unspecified atom stereocenters. The summed E-state index contributed by atoms with van der Waals surface area (Å²) in [7, 11) is 0. The maximum atomic E-state index is 5.68. The quantitative estimate of drug-likeness (QED) is 0.545. The molecule has 0 bridgehead atoms. The highest BCUT2D eigenvalue weighted by atomic mass is 32.2. The lowest BCUT2D eigenvalue weighted by molar-refractivity contribution is 0.635. The van der Waals surface area contributed by atoms with E-state index in [1.54, 1.807) is 0 Å². The number of nitrogens with two attached hydrogens (primary N) is 2. The highest BCUT2D eigenvalue weighted by Gasteiger charge is 2.24. The monoisotopic (exact) mass is 268 g/mol. The fourth-order valence-electron chi connectivity index (χ4n) is 1.94. The van der Waals surface area contributed by atoms with Crippen LogP contribution in [-0.2, 0) is 0 Å². The van der Waals surface area contributed by atoms with Crippen molar-refractivity contribution >= 4 is 29.3 Å². The molecule has 0 radical (unpaired) electrons.